The fourth-order valence-corrected chi connectivity index (χ4v) is 5.64. The topological polar surface area (TPSA) is 29.5 Å². The van der Waals surface area contributed by atoms with Crippen LogP contribution in [0, 0.1) is 11.2 Å². The van der Waals surface area contributed by atoms with Gasteiger partial charge in [0.2, 0.25) is 0 Å². The molecule has 1 aliphatic heterocycles. The van der Waals surface area contributed by atoms with Crippen molar-refractivity contribution in [3.05, 3.63) is 59.4 Å². The highest BCUT2D eigenvalue weighted by Crippen LogP contribution is 2.51. The second-order valence-electron chi connectivity index (χ2n) is 7.49. The van der Waals surface area contributed by atoms with Gasteiger partial charge in [0.05, 0.1) is 13.2 Å². The van der Waals surface area contributed by atoms with Crippen LogP contribution in [0.1, 0.15) is 56.6 Å². The molecule has 4 heteroatoms. The van der Waals surface area contributed by atoms with E-state index in [0.29, 0.717) is 0 Å². The van der Waals surface area contributed by atoms with Crippen molar-refractivity contribution in [1.82, 2.24) is 0 Å². The minimum atomic E-state index is -0.572. The van der Waals surface area contributed by atoms with Crippen LogP contribution >= 0.6 is 11.8 Å². The molecule has 2 aromatic rings. The Bertz CT molecular complexity index is 779. The lowest BCUT2D eigenvalue weighted by atomic mass is 9.69. The number of hydrogen-bond donors (Lipinski definition) is 1. The summed E-state index contributed by atoms with van der Waals surface area (Å²) < 4.78 is 19.6. The van der Waals surface area contributed by atoms with Crippen molar-refractivity contribution in [1.29, 1.82) is 0 Å². The molecule has 1 heterocycles. The van der Waals surface area contributed by atoms with Crippen molar-refractivity contribution in [2.45, 2.75) is 56.4 Å². The lowest BCUT2D eigenvalue weighted by Gasteiger charge is -2.39. The molecule has 1 aliphatic rings. The number of unbranched alkanes of at least 4 members (excludes halogenated alkanes) is 1. The van der Waals surface area contributed by atoms with Gasteiger partial charge in [-0.15, -0.1) is 11.8 Å². The van der Waals surface area contributed by atoms with Gasteiger partial charge in [-0.05, 0) is 54.3 Å². The molecule has 0 bridgehead atoms. The molecule has 146 valence electrons. The van der Waals surface area contributed by atoms with E-state index >= 15 is 0 Å². The van der Waals surface area contributed by atoms with Crippen LogP contribution in [0.3, 0.4) is 0 Å². The molecule has 0 spiro atoms. The lowest BCUT2D eigenvalue weighted by Crippen LogP contribution is -2.40. The maximum atomic E-state index is 14.2. The molecule has 0 saturated heterocycles. The summed E-state index contributed by atoms with van der Waals surface area (Å²) in [5.41, 5.74) is 1.67. The van der Waals surface area contributed by atoms with Crippen LogP contribution in [0.5, 0.6) is 5.75 Å². The first kappa shape index (κ1) is 20.2. The van der Waals surface area contributed by atoms with E-state index in [1.165, 1.54) is 6.07 Å². The Balaban J connectivity index is 2.15. The Morgan fingerprint density at radius 1 is 1.22 bits per heavy atom. The van der Waals surface area contributed by atoms with Crippen molar-refractivity contribution in [3.63, 3.8) is 0 Å². The standard InChI is InChI=1S/C23H29FO2S/c1-4-6-12-23(5-2)15-27-20-11-10-17(24)14-19(20)21(22(23)25)16-8-7-9-18(13-16)26-3/h7-11,13-14,21-22,25H,4-6,12,15H2,1-3H3/t21-,22-,23+/m0/s1. The third-order valence-electron chi connectivity index (χ3n) is 5.95. The summed E-state index contributed by atoms with van der Waals surface area (Å²) in [6, 6.07) is 12.8. The van der Waals surface area contributed by atoms with Crippen LogP contribution in [0.25, 0.3) is 0 Å². The van der Waals surface area contributed by atoms with Gasteiger partial charge >= 0.3 is 0 Å². The number of rotatable bonds is 6. The fraction of sp³-hybridized carbons (Fsp3) is 0.478. The zero-order valence-electron chi connectivity index (χ0n) is 16.4. The zero-order chi connectivity index (χ0) is 19.4. The van der Waals surface area contributed by atoms with E-state index in [4.69, 9.17) is 4.74 Å². The Morgan fingerprint density at radius 3 is 2.74 bits per heavy atom. The number of thioether (sulfide) groups is 1. The van der Waals surface area contributed by atoms with Crippen molar-refractivity contribution in [3.8, 4) is 5.75 Å². The highest BCUT2D eigenvalue weighted by molar-refractivity contribution is 7.99. The Hall–Kier alpha value is -1.52. The Labute approximate surface area is 166 Å². The molecule has 3 rings (SSSR count). The van der Waals surface area contributed by atoms with Gasteiger partial charge in [-0.25, -0.2) is 4.39 Å². The van der Waals surface area contributed by atoms with E-state index in [1.807, 2.05) is 30.3 Å². The smallest absolute Gasteiger partial charge is 0.123 e. The number of hydrogen-bond acceptors (Lipinski definition) is 3. The summed E-state index contributed by atoms with van der Waals surface area (Å²) in [5.74, 6) is 1.08. The molecule has 2 nitrogen and oxygen atoms in total. The Morgan fingerprint density at radius 2 is 2.04 bits per heavy atom. The monoisotopic (exact) mass is 388 g/mol. The van der Waals surface area contributed by atoms with E-state index < -0.39 is 6.10 Å². The maximum absolute atomic E-state index is 14.2. The van der Waals surface area contributed by atoms with Crippen LogP contribution in [0.2, 0.25) is 0 Å². The van der Waals surface area contributed by atoms with Crippen molar-refractivity contribution in [2.24, 2.45) is 5.41 Å². The first-order valence-electron chi connectivity index (χ1n) is 9.79. The van der Waals surface area contributed by atoms with Gasteiger partial charge in [0.15, 0.2) is 0 Å². The average molecular weight is 389 g/mol. The predicted octanol–water partition coefficient (Wildman–Crippen LogP) is 6.02. The summed E-state index contributed by atoms with van der Waals surface area (Å²) >= 11 is 1.75. The minimum Gasteiger partial charge on any atom is -0.497 e. The van der Waals surface area contributed by atoms with Crippen LogP contribution in [-0.4, -0.2) is 24.1 Å². The minimum absolute atomic E-state index is 0.191. The first-order chi connectivity index (χ1) is 13.0. The molecule has 0 radical (unpaired) electrons. The van der Waals surface area contributed by atoms with E-state index in [9.17, 15) is 9.50 Å². The van der Waals surface area contributed by atoms with Crippen LogP contribution in [-0.2, 0) is 0 Å². The van der Waals surface area contributed by atoms with Crippen LogP contribution in [0.4, 0.5) is 4.39 Å². The van der Waals surface area contributed by atoms with Gasteiger partial charge < -0.3 is 9.84 Å². The molecule has 2 aromatic carbocycles. The van der Waals surface area contributed by atoms with Gasteiger partial charge in [-0.2, -0.15) is 0 Å². The third-order valence-corrected chi connectivity index (χ3v) is 7.35. The second kappa shape index (κ2) is 8.66. The molecule has 27 heavy (non-hydrogen) atoms. The maximum Gasteiger partial charge on any atom is 0.123 e. The van der Waals surface area contributed by atoms with Crippen LogP contribution in [0.15, 0.2) is 47.4 Å². The quantitative estimate of drug-likeness (QED) is 0.656. The Kier molecular flexibility index (Phi) is 6.48. The van der Waals surface area contributed by atoms with Gasteiger partial charge in [-0.3, -0.25) is 0 Å². The van der Waals surface area contributed by atoms with Gasteiger partial charge in [0.25, 0.3) is 0 Å². The largest absolute Gasteiger partial charge is 0.497 e. The molecule has 0 aromatic heterocycles. The summed E-state index contributed by atoms with van der Waals surface area (Å²) in [4.78, 5) is 1.06. The zero-order valence-corrected chi connectivity index (χ0v) is 17.2. The van der Waals surface area contributed by atoms with E-state index in [2.05, 4.69) is 13.8 Å². The summed E-state index contributed by atoms with van der Waals surface area (Å²) in [6.45, 7) is 4.35. The summed E-state index contributed by atoms with van der Waals surface area (Å²) in [6.07, 6.45) is 3.49. The number of halogens is 1. The second-order valence-corrected chi connectivity index (χ2v) is 8.51. The molecule has 0 saturated carbocycles. The third kappa shape index (κ3) is 4.02. The number of aliphatic hydroxyl groups excluding tert-OH is 1. The first-order valence-corrected chi connectivity index (χ1v) is 10.8. The molecule has 3 atom stereocenters. The molecule has 0 fully saturated rings. The number of aliphatic hydroxyl groups is 1. The number of methoxy groups -OCH3 is 1. The summed E-state index contributed by atoms with van der Waals surface area (Å²) in [5, 5.41) is 11.7. The number of ether oxygens (including phenoxy) is 1. The van der Waals surface area contributed by atoms with Gasteiger partial charge in [0.1, 0.15) is 11.6 Å². The van der Waals surface area contributed by atoms with Gasteiger partial charge in [0, 0.05) is 22.0 Å². The number of fused-ring (bicyclic) bond motifs is 1. The molecule has 1 N–H and O–H groups in total. The SMILES string of the molecule is CCCC[C@]1(CC)CSc2ccc(F)cc2[C@H](c2cccc(OC)c2)[C@@H]1O. The molecule has 0 unspecified atom stereocenters. The van der Waals surface area contributed by atoms with Crippen molar-refractivity contribution < 1.29 is 14.2 Å². The van der Waals surface area contributed by atoms with E-state index in [0.717, 1.165) is 53.2 Å². The normalized spacial score (nSPS) is 24.9. The fourth-order valence-electron chi connectivity index (χ4n) is 4.16. The lowest BCUT2D eigenvalue weighted by molar-refractivity contribution is 0.0182. The predicted molar refractivity (Wildman–Crippen MR) is 110 cm³/mol. The average Bonchev–Trinajstić information content (AvgIpc) is 2.81. The summed E-state index contributed by atoms with van der Waals surface area (Å²) in [7, 11) is 1.64. The molecule has 0 aliphatic carbocycles. The van der Waals surface area contributed by atoms with Gasteiger partial charge in [-0.1, -0.05) is 38.8 Å². The van der Waals surface area contributed by atoms with Crippen LogP contribution < -0.4 is 4.74 Å². The van der Waals surface area contributed by atoms with E-state index in [1.54, 1.807) is 24.9 Å². The highest BCUT2D eigenvalue weighted by atomic mass is 32.2. The highest BCUT2D eigenvalue weighted by Gasteiger charge is 2.44. The molecular weight excluding hydrogens is 359 g/mol. The number of benzene rings is 2. The molecule has 0 amide bonds. The van der Waals surface area contributed by atoms with Crippen molar-refractivity contribution in [2.75, 3.05) is 12.9 Å². The van der Waals surface area contributed by atoms with E-state index in [-0.39, 0.29) is 17.2 Å². The van der Waals surface area contributed by atoms with Crippen molar-refractivity contribution >= 4 is 11.8 Å². The molecular formula is C23H29FO2S.